The van der Waals surface area contributed by atoms with Gasteiger partial charge in [-0.05, 0) is 6.42 Å². The maximum Gasteiger partial charge on any atom is 0.306 e. The first-order chi connectivity index (χ1) is 5.70. The van der Waals surface area contributed by atoms with Gasteiger partial charge in [0.05, 0.1) is 19.6 Å². The summed E-state index contributed by atoms with van der Waals surface area (Å²) >= 11 is 1.58. The number of hydrogen-bond acceptors (Lipinski definition) is 4. The van der Waals surface area contributed by atoms with Gasteiger partial charge in [-0.15, -0.1) is 0 Å². The molecule has 0 spiro atoms. The van der Waals surface area contributed by atoms with Crippen LogP contribution in [-0.2, 0) is 9.53 Å². The summed E-state index contributed by atoms with van der Waals surface area (Å²) in [5.74, 6) is 1.24. The zero-order chi connectivity index (χ0) is 9.40. The van der Waals surface area contributed by atoms with Gasteiger partial charge in [0.1, 0.15) is 0 Å². The second kappa shape index (κ2) is 7.43. The van der Waals surface area contributed by atoms with Crippen LogP contribution in [0.4, 0.5) is 0 Å². The van der Waals surface area contributed by atoms with Gasteiger partial charge in [-0.2, -0.15) is 11.8 Å². The first kappa shape index (κ1) is 11.8. The van der Waals surface area contributed by atoms with Crippen LogP contribution >= 0.6 is 11.8 Å². The summed E-state index contributed by atoms with van der Waals surface area (Å²) in [5.41, 5.74) is 0. The van der Waals surface area contributed by atoms with Gasteiger partial charge in [-0.1, -0.05) is 6.92 Å². The average Bonchev–Trinajstić information content (AvgIpc) is 2.11. The molecule has 0 radical (unpaired) electrons. The molecule has 0 aromatic rings. The molecule has 0 aromatic carbocycles. The number of aliphatic hydroxyl groups is 1. The fourth-order valence-electron chi connectivity index (χ4n) is 0.595. The van der Waals surface area contributed by atoms with E-state index in [1.165, 1.54) is 7.11 Å². The molecular formula is C8H16O3S. The number of aliphatic hydroxyl groups excluding tert-OH is 1. The number of hydrogen-bond donors (Lipinski definition) is 1. The van der Waals surface area contributed by atoms with Crippen LogP contribution < -0.4 is 0 Å². The SMILES string of the molecule is CCC(O)CSCCC(=O)OC. The van der Waals surface area contributed by atoms with E-state index >= 15 is 0 Å². The molecule has 0 aliphatic rings. The lowest BCUT2D eigenvalue weighted by Gasteiger charge is -2.05. The summed E-state index contributed by atoms with van der Waals surface area (Å²) in [6.45, 7) is 1.94. The summed E-state index contributed by atoms with van der Waals surface area (Å²) in [6, 6.07) is 0. The highest BCUT2D eigenvalue weighted by atomic mass is 32.2. The average molecular weight is 192 g/mol. The molecule has 0 amide bonds. The molecule has 0 aliphatic carbocycles. The number of carbonyl (C=O) groups is 1. The Kier molecular flexibility index (Phi) is 7.29. The normalized spacial score (nSPS) is 12.6. The maximum absolute atomic E-state index is 10.6. The third kappa shape index (κ3) is 6.49. The Morgan fingerprint density at radius 1 is 1.67 bits per heavy atom. The summed E-state index contributed by atoms with van der Waals surface area (Å²) in [4.78, 5) is 10.6. The van der Waals surface area contributed by atoms with E-state index in [0.29, 0.717) is 12.2 Å². The Morgan fingerprint density at radius 2 is 2.33 bits per heavy atom. The number of carbonyl (C=O) groups excluding carboxylic acids is 1. The molecule has 0 heterocycles. The number of methoxy groups -OCH3 is 1. The molecule has 1 atom stereocenters. The van der Waals surface area contributed by atoms with Crippen molar-refractivity contribution < 1.29 is 14.6 Å². The molecule has 1 N–H and O–H groups in total. The van der Waals surface area contributed by atoms with Crippen LogP contribution in [0.1, 0.15) is 19.8 Å². The van der Waals surface area contributed by atoms with Crippen molar-refractivity contribution >= 4 is 17.7 Å². The molecule has 0 fully saturated rings. The highest BCUT2D eigenvalue weighted by Gasteiger charge is 2.02. The van der Waals surface area contributed by atoms with E-state index < -0.39 is 0 Å². The molecule has 0 aromatic heterocycles. The van der Waals surface area contributed by atoms with E-state index in [1.54, 1.807) is 11.8 Å². The Morgan fingerprint density at radius 3 is 2.83 bits per heavy atom. The van der Waals surface area contributed by atoms with Gasteiger partial charge in [0.2, 0.25) is 0 Å². The van der Waals surface area contributed by atoms with E-state index in [0.717, 1.165) is 12.2 Å². The molecule has 1 unspecified atom stereocenters. The molecule has 72 valence electrons. The van der Waals surface area contributed by atoms with Gasteiger partial charge in [-0.25, -0.2) is 0 Å². The molecule has 0 rings (SSSR count). The largest absolute Gasteiger partial charge is 0.469 e. The lowest BCUT2D eigenvalue weighted by molar-refractivity contribution is -0.140. The van der Waals surface area contributed by atoms with Gasteiger partial charge in [0.25, 0.3) is 0 Å². The minimum absolute atomic E-state index is 0.187. The Labute approximate surface area is 77.5 Å². The van der Waals surface area contributed by atoms with Crippen LogP contribution in [0.2, 0.25) is 0 Å². The molecule has 0 saturated carbocycles. The van der Waals surface area contributed by atoms with Crippen LogP contribution in [-0.4, -0.2) is 35.8 Å². The predicted octanol–water partition coefficient (Wildman–Crippen LogP) is 1.05. The molecule has 0 aliphatic heterocycles. The minimum atomic E-state index is -0.243. The van der Waals surface area contributed by atoms with Crippen LogP contribution in [0.5, 0.6) is 0 Å². The lowest BCUT2D eigenvalue weighted by atomic mass is 10.3. The van der Waals surface area contributed by atoms with Crippen molar-refractivity contribution in [1.29, 1.82) is 0 Å². The fraction of sp³-hybridized carbons (Fsp3) is 0.875. The van der Waals surface area contributed by atoms with Gasteiger partial charge < -0.3 is 9.84 Å². The zero-order valence-corrected chi connectivity index (χ0v) is 8.39. The van der Waals surface area contributed by atoms with Crippen LogP contribution in [0, 0.1) is 0 Å². The molecule has 12 heavy (non-hydrogen) atoms. The maximum atomic E-state index is 10.6. The van der Waals surface area contributed by atoms with E-state index in [-0.39, 0.29) is 12.1 Å². The minimum Gasteiger partial charge on any atom is -0.469 e. The van der Waals surface area contributed by atoms with Gasteiger partial charge in [-0.3, -0.25) is 4.79 Å². The number of rotatable bonds is 6. The van der Waals surface area contributed by atoms with Crippen LogP contribution in [0.3, 0.4) is 0 Å². The second-order valence-corrected chi connectivity index (χ2v) is 3.61. The van der Waals surface area contributed by atoms with Crippen molar-refractivity contribution in [3.05, 3.63) is 0 Å². The van der Waals surface area contributed by atoms with E-state index in [4.69, 9.17) is 5.11 Å². The summed E-state index contributed by atoms with van der Waals surface area (Å²) in [6.07, 6.45) is 0.954. The first-order valence-electron chi connectivity index (χ1n) is 4.03. The standard InChI is InChI=1S/C8H16O3S/c1-3-7(9)6-12-5-4-8(10)11-2/h7,9H,3-6H2,1-2H3. The highest BCUT2D eigenvalue weighted by Crippen LogP contribution is 2.07. The molecule has 4 heteroatoms. The van der Waals surface area contributed by atoms with Crippen LogP contribution in [0.25, 0.3) is 0 Å². The number of esters is 1. The molecule has 3 nitrogen and oxygen atoms in total. The number of ether oxygens (including phenoxy) is 1. The Balaban J connectivity index is 3.15. The van der Waals surface area contributed by atoms with Crippen molar-refractivity contribution in [1.82, 2.24) is 0 Å². The zero-order valence-electron chi connectivity index (χ0n) is 7.58. The summed E-state index contributed by atoms with van der Waals surface area (Å²) in [5, 5.41) is 9.14. The quantitative estimate of drug-likeness (QED) is 0.505. The second-order valence-electron chi connectivity index (χ2n) is 2.46. The van der Waals surface area contributed by atoms with E-state index in [1.807, 2.05) is 6.92 Å². The molecular weight excluding hydrogens is 176 g/mol. The van der Waals surface area contributed by atoms with Gasteiger partial charge in [0.15, 0.2) is 0 Å². The van der Waals surface area contributed by atoms with Gasteiger partial charge in [0, 0.05) is 11.5 Å². The molecule has 0 bridgehead atoms. The van der Waals surface area contributed by atoms with Gasteiger partial charge >= 0.3 is 5.97 Å². The van der Waals surface area contributed by atoms with Crippen molar-refractivity contribution in [2.45, 2.75) is 25.9 Å². The smallest absolute Gasteiger partial charge is 0.306 e. The van der Waals surface area contributed by atoms with E-state index in [2.05, 4.69) is 4.74 Å². The van der Waals surface area contributed by atoms with Crippen molar-refractivity contribution in [2.75, 3.05) is 18.6 Å². The lowest BCUT2D eigenvalue weighted by Crippen LogP contribution is -2.09. The third-order valence-electron chi connectivity index (χ3n) is 1.46. The first-order valence-corrected chi connectivity index (χ1v) is 5.18. The van der Waals surface area contributed by atoms with Crippen molar-refractivity contribution in [3.63, 3.8) is 0 Å². The van der Waals surface area contributed by atoms with Crippen molar-refractivity contribution in [2.24, 2.45) is 0 Å². The molecule has 0 saturated heterocycles. The van der Waals surface area contributed by atoms with Crippen molar-refractivity contribution in [3.8, 4) is 0 Å². The fourth-order valence-corrected chi connectivity index (χ4v) is 1.58. The Hall–Kier alpha value is -0.220. The summed E-state index contributed by atoms with van der Waals surface area (Å²) in [7, 11) is 1.38. The van der Waals surface area contributed by atoms with Crippen LogP contribution in [0.15, 0.2) is 0 Å². The number of thioether (sulfide) groups is 1. The predicted molar refractivity (Wildman–Crippen MR) is 50.3 cm³/mol. The highest BCUT2D eigenvalue weighted by molar-refractivity contribution is 7.99. The Bertz CT molecular complexity index is 127. The van der Waals surface area contributed by atoms with E-state index in [9.17, 15) is 4.79 Å². The monoisotopic (exact) mass is 192 g/mol. The summed E-state index contributed by atoms with van der Waals surface area (Å²) < 4.78 is 4.47. The third-order valence-corrected chi connectivity index (χ3v) is 2.57. The topological polar surface area (TPSA) is 46.5 Å².